The van der Waals surface area contributed by atoms with Crippen molar-refractivity contribution in [2.75, 3.05) is 30.9 Å². The maximum atomic E-state index is 4.67. The fourth-order valence-electron chi connectivity index (χ4n) is 2.91. The van der Waals surface area contributed by atoms with E-state index < -0.39 is 0 Å². The summed E-state index contributed by atoms with van der Waals surface area (Å²) >= 11 is 0. The van der Waals surface area contributed by atoms with Gasteiger partial charge in [-0.25, -0.2) is 4.98 Å². The van der Waals surface area contributed by atoms with Gasteiger partial charge in [-0.2, -0.15) is 0 Å². The molecule has 0 spiro atoms. The first-order valence-corrected chi connectivity index (χ1v) is 8.46. The lowest BCUT2D eigenvalue weighted by Crippen LogP contribution is -2.08. The maximum Gasteiger partial charge on any atom is 0.203 e. The lowest BCUT2D eigenvalue weighted by molar-refractivity contribution is 0.850. The molecule has 1 fully saturated rings. The van der Waals surface area contributed by atoms with Crippen molar-refractivity contribution >= 4 is 22.7 Å². The number of anilines is 2. The zero-order chi connectivity index (χ0) is 16.7. The molecule has 4 rings (SSSR count). The Morgan fingerprint density at radius 3 is 2.83 bits per heavy atom. The normalized spacial score (nSPS) is 14.1. The zero-order valence-corrected chi connectivity index (χ0v) is 14.5. The smallest absolute Gasteiger partial charge is 0.203 e. The Morgan fingerprint density at radius 2 is 2.08 bits per heavy atom. The van der Waals surface area contributed by atoms with E-state index in [1.807, 2.05) is 6.20 Å². The summed E-state index contributed by atoms with van der Waals surface area (Å²) in [5.74, 6) is 1.75. The van der Waals surface area contributed by atoms with E-state index in [1.165, 1.54) is 18.5 Å². The molecule has 24 heavy (non-hydrogen) atoms. The molecule has 0 unspecified atom stereocenters. The summed E-state index contributed by atoms with van der Waals surface area (Å²) in [6.45, 7) is 1.02. The van der Waals surface area contributed by atoms with Gasteiger partial charge in [0.2, 0.25) is 5.95 Å². The van der Waals surface area contributed by atoms with E-state index in [4.69, 9.17) is 0 Å². The van der Waals surface area contributed by atoms with Gasteiger partial charge in [0.05, 0.1) is 17.4 Å². The Morgan fingerprint density at radius 1 is 1.25 bits per heavy atom. The van der Waals surface area contributed by atoms with Gasteiger partial charge in [0, 0.05) is 38.9 Å². The number of benzene rings is 1. The van der Waals surface area contributed by atoms with E-state index in [1.54, 1.807) is 0 Å². The number of imidazole rings is 1. The minimum atomic E-state index is 0.826. The van der Waals surface area contributed by atoms with Gasteiger partial charge in [0.1, 0.15) is 5.52 Å². The van der Waals surface area contributed by atoms with Crippen LogP contribution >= 0.6 is 0 Å². The van der Waals surface area contributed by atoms with Gasteiger partial charge in [-0.1, -0.05) is 12.1 Å². The third kappa shape index (κ3) is 2.82. The number of aryl methyl sites for hydroxylation is 1. The van der Waals surface area contributed by atoms with Crippen molar-refractivity contribution in [1.29, 1.82) is 0 Å². The van der Waals surface area contributed by atoms with E-state index in [-0.39, 0.29) is 0 Å². The van der Waals surface area contributed by atoms with Crippen LogP contribution in [0.3, 0.4) is 0 Å². The molecule has 2 aromatic heterocycles. The highest BCUT2D eigenvalue weighted by atomic mass is 15.2. The molecular weight excluding hydrogens is 298 g/mol. The zero-order valence-electron chi connectivity index (χ0n) is 14.5. The van der Waals surface area contributed by atoms with Gasteiger partial charge in [0.25, 0.3) is 0 Å². The molecule has 0 radical (unpaired) electrons. The monoisotopic (exact) mass is 321 g/mol. The van der Waals surface area contributed by atoms with Crippen LogP contribution in [0.2, 0.25) is 0 Å². The van der Waals surface area contributed by atoms with Crippen molar-refractivity contribution in [2.24, 2.45) is 13.0 Å². The molecule has 3 aromatic rings. The van der Waals surface area contributed by atoms with Crippen LogP contribution in [0, 0.1) is 5.92 Å². The predicted molar refractivity (Wildman–Crippen MR) is 99.5 cm³/mol. The lowest BCUT2D eigenvalue weighted by Gasteiger charge is -2.13. The summed E-state index contributed by atoms with van der Waals surface area (Å²) in [5, 5.41) is 3.46. The summed E-state index contributed by atoms with van der Waals surface area (Å²) in [4.78, 5) is 11.4. The number of pyridine rings is 1. The lowest BCUT2D eigenvalue weighted by atomic mass is 10.1. The Hall–Kier alpha value is -2.56. The second kappa shape index (κ2) is 5.82. The number of rotatable bonds is 5. The highest BCUT2D eigenvalue weighted by Crippen LogP contribution is 2.30. The van der Waals surface area contributed by atoms with E-state index in [0.29, 0.717) is 0 Å². The SMILES string of the molecule is CN(C)c1cccc(-c2cc3c(cn2)nc(NCC2CC2)n3C)c1. The molecule has 5 nitrogen and oxygen atoms in total. The predicted octanol–water partition coefficient (Wildman–Crippen LogP) is 3.52. The second-order valence-corrected chi connectivity index (χ2v) is 6.82. The number of nitrogens with zero attached hydrogens (tertiary/aromatic N) is 4. The Balaban J connectivity index is 1.69. The first-order chi connectivity index (χ1) is 11.6. The summed E-state index contributed by atoms with van der Waals surface area (Å²) in [5.41, 5.74) is 5.31. The van der Waals surface area contributed by atoms with E-state index in [0.717, 1.165) is 40.7 Å². The Kier molecular flexibility index (Phi) is 3.63. The molecule has 1 aliphatic rings. The van der Waals surface area contributed by atoms with Crippen LogP contribution in [0.5, 0.6) is 0 Å². The van der Waals surface area contributed by atoms with Crippen LogP contribution in [0.25, 0.3) is 22.3 Å². The molecular formula is C19H23N5. The quantitative estimate of drug-likeness (QED) is 0.781. The molecule has 2 heterocycles. The Labute approximate surface area is 142 Å². The van der Waals surface area contributed by atoms with Crippen molar-refractivity contribution < 1.29 is 0 Å². The van der Waals surface area contributed by atoms with Crippen LogP contribution in [0.4, 0.5) is 11.6 Å². The molecule has 124 valence electrons. The van der Waals surface area contributed by atoms with Crippen molar-refractivity contribution in [2.45, 2.75) is 12.8 Å². The van der Waals surface area contributed by atoms with E-state index in [9.17, 15) is 0 Å². The number of hydrogen-bond donors (Lipinski definition) is 1. The molecule has 1 aromatic carbocycles. The molecule has 0 amide bonds. The van der Waals surface area contributed by atoms with Crippen molar-refractivity contribution in [3.63, 3.8) is 0 Å². The average Bonchev–Trinajstić information content (AvgIpc) is 3.37. The first-order valence-electron chi connectivity index (χ1n) is 8.46. The molecule has 0 bridgehead atoms. The minimum Gasteiger partial charge on any atom is -0.378 e. The van der Waals surface area contributed by atoms with Crippen molar-refractivity contribution in [3.8, 4) is 11.3 Å². The molecule has 0 aliphatic heterocycles. The molecule has 1 saturated carbocycles. The number of hydrogen-bond acceptors (Lipinski definition) is 4. The number of fused-ring (bicyclic) bond motifs is 1. The van der Waals surface area contributed by atoms with Gasteiger partial charge < -0.3 is 14.8 Å². The van der Waals surface area contributed by atoms with Crippen LogP contribution in [0.1, 0.15) is 12.8 Å². The van der Waals surface area contributed by atoms with Crippen LogP contribution in [0.15, 0.2) is 36.5 Å². The van der Waals surface area contributed by atoms with Crippen LogP contribution in [-0.2, 0) is 7.05 Å². The highest BCUT2D eigenvalue weighted by molar-refractivity contribution is 5.82. The fourth-order valence-corrected chi connectivity index (χ4v) is 2.91. The van der Waals surface area contributed by atoms with Gasteiger partial charge in [-0.05, 0) is 37.0 Å². The summed E-state index contributed by atoms with van der Waals surface area (Å²) in [6.07, 6.45) is 4.55. The molecule has 1 aliphatic carbocycles. The van der Waals surface area contributed by atoms with E-state index >= 15 is 0 Å². The summed E-state index contributed by atoms with van der Waals surface area (Å²) < 4.78 is 2.12. The first kappa shape index (κ1) is 15.0. The van der Waals surface area contributed by atoms with Gasteiger partial charge in [0.15, 0.2) is 0 Å². The molecule has 5 heteroatoms. The van der Waals surface area contributed by atoms with Gasteiger partial charge in [-0.3, -0.25) is 4.98 Å². The second-order valence-electron chi connectivity index (χ2n) is 6.82. The summed E-state index contributed by atoms with van der Waals surface area (Å²) in [6, 6.07) is 10.6. The molecule has 0 atom stereocenters. The number of aromatic nitrogens is 3. The van der Waals surface area contributed by atoms with Crippen molar-refractivity contribution in [1.82, 2.24) is 14.5 Å². The van der Waals surface area contributed by atoms with E-state index in [2.05, 4.69) is 76.2 Å². The Bertz CT molecular complexity index is 877. The van der Waals surface area contributed by atoms with Crippen LogP contribution in [-0.4, -0.2) is 35.2 Å². The minimum absolute atomic E-state index is 0.826. The summed E-state index contributed by atoms with van der Waals surface area (Å²) in [7, 11) is 6.16. The standard InChI is InChI=1S/C19H23N5/c1-23(2)15-6-4-5-14(9-15)16-10-18-17(12-20-16)22-19(24(18)3)21-11-13-7-8-13/h4-6,9-10,12-13H,7-8,11H2,1-3H3,(H,21,22). The number of nitrogens with one attached hydrogen (secondary N) is 1. The topological polar surface area (TPSA) is 46.0 Å². The third-order valence-corrected chi connectivity index (χ3v) is 4.67. The van der Waals surface area contributed by atoms with Gasteiger partial charge in [-0.15, -0.1) is 0 Å². The molecule has 0 saturated heterocycles. The fraction of sp³-hybridized carbons (Fsp3) is 0.368. The highest BCUT2D eigenvalue weighted by Gasteiger charge is 2.21. The van der Waals surface area contributed by atoms with Crippen LogP contribution < -0.4 is 10.2 Å². The van der Waals surface area contributed by atoms with Crippen molar-refractivity contribution in [3.05, 3.63) is 36.5 Å². The van der Waals surface area contributed by atoms with Gasteiger partial charge >= 0.3 is 0 Å². The maximum absolute atomic E-state index is 4.67. The largest absolute Gasteiger partial charge is 0.378 e. The molecule has 1 N–H and O–H groups in total. The average molecular weight is 321 g/mol. The third-order valence-electron chi connectivity index (χ3n) is 4.67.